The van der Waals surface area contributed by atoms with Crippen LogP contribution in [0.1, 0.15) is 43.6 Å². The Morgan fingerprint density at radius 3 is 2.47 bits per heavy atom. The highest BCUT2D eigenvalue weighted by Crippen LogP contribution is 2.30. The third-order valence-electron chi connectivity index (χ3n) is 4.74. The summed E-state index contributed by atoms with van der Waals surface area (Å²) < 4.78 is 0. The Labute approximate surface area is 121 Å². The summed E-state index contributed by atoms with van der Waals surface area (Å²) in [7, 11) is 0. The molecule has 2 aliphatic heterocycles. The van der Waals surface area contributed by atoms with Gasteiger partial charge in [0.2, 0.25) is 0 Å². The molecule has 2 aliphatic rings. The maximum absolute atomic E-state index is 2.79. The summed E-state index contributed by atoms with van der Waals surface area (Å²) in [5.41, 5.74) is 1.56. The molecule has 1 aromatic rings. The van der Waals surface area contributed by atoms with Gasteiger partial charge in [0, 0.05) is 6.04 Å². The summed E-state index contributed by atoms with van der Waals surface area (Å²) >= 11 is 2.14. The van der Waals surface area contributed by atoms with E-state index in [0.29, 0.717) is 0 Å². The standard InChI is InChI=1S/C17H25NS/c1-2-5-15(6-3-1)16-7-4-11-18(12-8-16)17-9-13-19-14-10-17/h1-3,5-6,16-17H,4,7-14H2/t16-/m0/s1. The molecule has 0 saturated carbocycles. The van der Waals surface area contributed by atoms with Crippen molar-refractivity contribution in [1.82, 2.24) is 4.90 Å². The summed E-state index contributed by atoms with van der Waals surface area (Å²) in [6.07, 6.45) is 6.94. The van der Waals surface area contributed by atoms with Gasteiger partial charge >= 0.3 is 0 Å². The summed E-state index contributed by atoms with van der Waals surface area (Å²) in [5, 5.41) is 0. The van der Waals surface area contributed by atoms with E-state index in [9.17, 15) is 0 Å². The predicted octanol–water partition coefficient (Wildman–Crippen LogP) is 4.15. The fourth-order valence-corrected chi connectivity index (χ4v) is 4.67. The number of benzene rings is 1. The highest BCUT2D eigenvalue weighted by molar-refractivity contribution is 7.99. The molecule has 19 heavy (non-hydrogen) atoms. The van der Waals surface area contributed by atoms with E-state index >= 15 is 0 Å². The average molecular weight is 275 g/mol. The average Bonchev–Trinajstić information content (AvgIpc) is 2.75. The summed E-state index contributed by atoms with van der Waals surface area (Å²) in [4.78, 5) is 2.79. The van der Waals surface area contributed by atoms with Crippen LogP contribution >= 0.6 is 11.8 Å². The fourth-order valence-electron chi connectivity index (χ4n) is 3.59. The van der Waals surface area contributed by atoms with Crippen molar-refractivity contribution >= 4 is 11.8 Å². The molecular formula is C17H25NS. The molecule has 0 aromatic heterocycles. The Morgan fingerprint density at radius 1 is 0.895 bits per heavy atom. The van der Waals surface area contributed by atoms with Crippen molar-refractivity contribution in [3.8, 4) is 0 Å². The largest absolute Gasteiger partial charge is 0.300 e. The molecule has 0 bridgehead atoms. The van der Waals surface area contributed by atoms with Gasteiger partial charge in [-0.05, 0) is 68.2 Å². The molecule has 2 saturated heterocycles. The third-order valence-corrected chi connectivity index (χ3v) is 5.79. The van der Waals surface area contributed by atoms with Crippen LogP contribution in [0.4, 0.5) is 0 Å². The lowest BCUT2D eigenvalue weighted by atomic mass is 9.92. The van der Waals surface area contributed by atoms with Gasteiger partial charge in [0.25, 0.3) is 0 Å². The minimum absolute atomic E-state index is 0.796. The summed E-state index contributed by atoms with van der Waals surface area (Å²) in [6.45, 7) is 2.65. The third kappa shape index (κ3) is 3.55. The van der Waals surface area contributed by atoms with Gasteiger partial charge in [-0.3, -0.25) is 0 Å². The van der Waals surface area contributed by atoms with Gasteiger partial charge in [0.1, 0.15) is 0 Å². The van der Waals surface area contributed by atoms with Gasteiger partial charge in [-0.2, -0.15) is 11.8 Å². The van der Waals surface area contributed by atoms with Crippen LogP contribution in [0.25, 0.3) is 0 Å². The second-order valence-corrected chi connectivity index (χ2v) is 7.14. The van der Waals surface area contributed by atoms with Crippen molar-refractivity contribution in [1.29, 1.82) is 0 Å². The number of hydrogen-bond acceptors (Lipinski definition) is 2. The van der Waals surface area contributed by atoms with Gasteiger partial charge < -0.3 is 4.90 Å². The van der Waals surface area contributed by atoms with Gasteiger partial charge in [0.15, 0.2) is 0 Å². The smallest absolute Gasteiger partial charge is 0.0111 e. The number of hydrogen-bond donors (Lipinski definition) is 0. The van der Waals surface area contributed by atoms with Crippen molar-refractivity contribution in [2.24, 2.45) is 0 Å². The number of nitrogens with zero attached hydrogens (tertiary/aromatic N) is 1. The Hall–Kier alpha value is -0.470. The highest BCUT2D eigenvalue weighted by Gasteiger charge is 2.24. The van der Waals surface area contributed by atoms with E-state index < -0.39 is 0 Å². The maximum atomic E-state index is 2.79. The molecule has 0 radical (unpaired) electrons. The van der Waals surface area contributed by atoms with E-state index in [0.717, 1.165) is 12.0 Å². The molecule has 0 amide bonds. The highest BCUT2D eigenvalue weighted by atomic mass is 32.2. The van der Waals surface area contributed by atoms with E-state index in [4.69, 9.17) is 0 Å². The van der Waals surface area contributed by atoms with Crippen LogP contribution in [0.15, 0.2) is 30.3 Å². The number of thioether (sulfide) groups is 1. The minimum atomic E-state index is 0.796. The minimum Gasteiger partial charge on any atom is -0.300 e. The van der Waals surface area contributed by atoms with Crippen molar-refractivity contribution in [2.75, 3.05) is 24.6 Å². The van der Waals surface area contributed by atoms with Crippen LogP contribution in [-0.4, -0.2) is 35.5 Å². The molecule has 104 valence electrons. The summed E-state index contributed by atoms with van der Waals surface area (Å²) in [5.74, 6) is 3.55. The fraction of sp³-hybridized carbons (Fsp3) is 0.647. The van der Waals surface area contributed by atoms with Crippen LogP contribution < -0.4 is 0 Å². The SMILES string of the molecule is c1ccc([C@H]2CCCN(C3CCSCC3)CC2)cc1. The van der Waals surface area contributed by atoms with Crippen molar-refractivity contribution in [3.05, 3.63) is 35.9 Å². The van der Waals surface area contributed by atoms with E-state index in [1.807, 2.05) is 0 Å². The van der Waals surface area contributed by atoms with Crippen LogP contribution in [0, 0.1) is 0 Å². The molecule has 0 unspecified atom stereocenters. The molecule has 2 heteroatoms. The number of rotatable bonds is 2. The molecule has 1 nitrogen and oxygen atoms in total. The predicted molar refractivity (Wildman–Crippen MR) is 85.0 cm³/mol. The Morgan fingerprint density at radius 2 is 1.68 bits per heavy atom. The molecule has 1 aromatic carbocycles. The van der Waals surface area contributed by atoms with E-state index in [2.05, 4.69) is 47.0 Å². The molecule has 0 spiro atoms. The number of likely N-dealkylation sites (tertiary alicyclic amines) is 1. The molecule has 2 heterocycles. The lowest BCUT2D eigenvalue weighted by molar-refractivity contribution is 0.192. The van der Waals surface area contributed by atoms with Gasteiger partial charge in [0.05, 0.1) is 0 Å². The van der Waals surface area contributed by atoms with Crippen LogP contribution in [-0.2, 0) is 0 Å². The molecule has 2 fully saturated rings. The summed E-state index contributed by atoms with van der Waals surface area (Å²) in [6, 6.07) is 12.0. The first-order valence-corrected chi connectivity index (χ1v) is 8.96. The molecule has 0 N–H and O–H groups in total. The quantitative estimate of drug-likeness (QED) is 0.797. The second kappa shape index (κ2) is 6.81. The van der Waals surface area contributed by atoms with Gasteiger partial charge in [-0.15, -0.1) is 0 Å². The Kier molecular flexibility index (Phi) is 4.84. The first-order chi connectivity index (χ1) is 9.43. The van der Waals surface area contributed by atoms with E-state index in [1.165, 1.54) is 56.7 Å². The van der Waals surface area contributed by atoms with Gasteiger partial charge in [-0.1, -0.05) is 30.3 Å². The molecule has 3 rings (SSSR count). The van der Waals surface area contributed by atoms with Crippen molar-refractivity contribution in [3.63, 3.8) is 0 Å². The first-order valence-electron chi connectivity index (χ1n) is 7.80. The van der Waals surface area contributed by atoms with Crippen LogP contribution in [0.5, 0.6) is 0 Å². The maximum Gasteiger partial charge on any atom is 0.0111 e. The Balaban J connectivity index is 1.59. The zero-order chi connectivity index (χ0) is 12.9. The van der Waals surface area contributed by atoms with Crippen molar-refractivity contribution < 1.29 is 0 Å². The topological polar surface area (TPSA) is 3.24 Å². The second-order valence-electron chi connectivity index (χ2n) is 5.92. The van der Waals surface area contributed by atoms with Gasteiger partial charge in [-0.25, -0.2) is 0 Å². The molecular weight excluding hydrogens is 250 g/mol. The normalized spacial score (nSPS) is 27.1. The van der Waals surface area contributed by atoms with E-state index in [-0.39, 0.29) is 0 Å². The monoisotopic (exact) mass is 275 g/mol. The van der Waals surface area contributed by atoms with E-state index in [1.54, 1.807) is 5.56 Å². The Bertz CT molecular complexity index is 372. The lowest BCUT2D eigenvalue weighted by Gasteiger charge is -2.33. The zero-order valence-electron chi connectivity index (χ0n) is 11.8. The van der Waals surface area contributed by atoms with Crippen molar-refractivity contribution in [2.45, 2.75) is 44.1 Å². The van der Waals surface area contributed by atoms with Crippen LogP contribution in [0.2, 0.25) is 0 Å². The lowest BCUT2D eigenvalue weighted by Crippen LogP contribution is -2.38. The van der Waals surface area contributed by atoms with Crippen LogP contribution in [0.3, 0.4) is 0 Å². The zero-order valence-corrected chi connectivity index (χ0v) is 12.6. The molecule has 0 aliphatic carbocycles. The first kappa shape index (κ1) is 13.5. The molecule has 1 atom stereocenters.